The van der Waals surface area contributed by atoms with Gasteiger partial charge in [0.25, 0.3) is 0 Å². The van der Waals surface area contributed by atoms with E-state index in [1.165, 1.54) is 74.6 Å². The summed E-state index contributed by atoms with van der Waals surface area (Å²) in [5, 5.41) is 0. The Labute approximate surface area is 192 Å². The molecule has 29 heavy (non-hydrogen) atoms. The van der Waals surface area contributed by atoms with Gasteiger partial charge in [0.2, 0.25) is 0 Å². The van der Waals surface area contributed by atoms with Crippen molar-refractivity contribution >= 4 is 28.3 Å². The lowest BCUT2D eigenvalue weighted by atomic mass is 9.85. The highest BCUT2D eigenvalue weighted by Gasteiger charge is 2.24. The van der Waals surface area contributed by atoms with Crippen molar-refractivity contribution in [1.82, 2.24) is 4.90 Å². The van der Waals surface area contributed by atoms with Gasteiger partial charge in [-0.3, -0.25) is 0 Å². The van der Waals surface area contributed by atoms with Crippen LogP contribution in [0.2, 0.25) is 0 Å². The number of likely N-dealkylation sites (tertiary alicyclic amines) is 1. The molecule has 3 nitrogen and oxygen atoms in total. The third kappa shape index (κ3) is 8.05. The molecule has 3 rings (SSSR count). The number of rotatable bonds is 8. The molecule has 0 radical (unpaired) electrons. The third-order valence-electron chi connectivity index (χ3n) is 6.59. The third-order valence-corrected chi connectivity index (χ3v) is 7.36. The number of hydrogen-bond acceptors (Lipinski definition) is 3. The Morgan fingerprint density at radius 3 is 2.34 bits per heavy atom. The Balaban J connectivity index is 0.00000300. The van der Waals surface area contributed by atoms with Gasteiger partial charge in [-0.15, -0.1) is 12.4 Å². The zero-order valence-electron chi connectivity index (χ0n) is 18.4. The number of piperidine rings is 1. The molecule has 1 aliphatic carbocycles. The van der Waals surface area contributed by atoms with E-state index in [1.807, 2.05) is 7.11 Å². The van der Waals surface area contributed by atoms with Gasteiger partial charge in [0.15, 0.2) is 0 Å². The summed E-state index contributed by atoms with van der Waals surface area (Å²) in [4.78, 5) is 2.70. The van der Waals surface area contributed by atoms with Crippen molar-refractivity contribution in [2.24, 2.45) is 11.8 Å². The van der Waals surface area contributed by atoms with Crippen molar-refractivity contribution in [3.8, 4) is 5.75 Å². The first-order chi connectivity index (χ1) is 13.5. The minimum Gasteiger partial charge on any atom is -0.491 e. The molecular formula is C24H39BrClNO2. The lowest BCUT2D eigenvalue weighted by molar-refractivity contribution is 0.0527. The summed E-state index contributed by atoms with van der Waals surface area (Å²) in [6.45, 7) is 7.98. The van der Waals surface area contributed by atoms with Gasteiger partial charge in [-0.05, 0) is 120 Å². The Hall–Kier alpha value is -0.290. The molecule has 0 bridgehead atoms. The molecule has 1 saturated carbocycles. The topological polar surface area (TPSA) is 21.7 Å². The average Bonchev–Trinajstić information content (AvgIpc) is 2.70. The Bertz CT molecular complexity index is 597. The van der Waals surface area contributed by atoms with Gasteiger partial charge in [-0.2, -0.15) is 0 Å². The molecule has 1 aromatic rings. The zero-order valence-corrected chi connectivity index (χ0v) is 20.8. The smallest absolute Gasteiger partial charge is 0.120 e. The van der Waals surface area contributed by atoms with E-state index in [9.17, 15) is 0 Å². The van der Waals surface area contributed by atoms with Crippen LogP contribution in [0.5, 0.6) is 5.75 Å². The van der Waals surface area contributed by atoms with Gasteiger partial charge in [0.05, 0.1) is 12.2 Å². The van der Waals surface area contributed by atoms with Gasteiger partial charge < -0.3 is 14.4 Å². The molecule has 1 heterocycles. The number of ether oxygens (including phenoxy) is 2. The van der Waals surface area contributed by atoms with E-state index in [0.717, 1.165) is 24.0 Å². The monoisotopic (exact) mass is 487 g/mol. The summed E-state index contributed by atoms with van der Waals surface area (Å²) < 4.78 is 12.6. The summed E-state index contributed by atoms with van der Waals surface area (Å²) in [7, 11) is 1.86. The molecule has 1 saturated heterocycles. The predicted octanol–water partition coefficient (Wildman–Crippen LogP) is 6.51. The molecule has 0 spiro atoms. The number of hydrogen-bond donors (Lipinski definition) is 0. The lowest BCUT2D eigenvalue weighted by Crippen LogP contribution is -2.36. The molecule has 0 aromatic heterocycles. The first kappa shape index (κ1) is 25.0. The highest BCUT2D eigenvalue weighted by Crippen LogP contribution is 2.31. The molecule has 2 fully saturated rings. The van der Waals surface area contributed by atoms with Gasteiger partial charge in [0.1, 0.15) is 5.75 Å². The first-order valence-corrected chi connectivity index (χ1v) is 12.0. The SMILES string of the molecule is CO[C@H]1CC[C@H](CCN2CCC(Cc3cc(OC(C)C)ccc3Br)CC2)CC1.Cl. The van der Waals surface area contributed by atoms with E-state index in [0.29, 0.717) is 6.10 Å². The van der Waals surface area contributed by atoms with Crippen LogP contribution >= 0.6 is 28.3 Å². The van der Waals surface area contributed by atoms with E-state index in [1.54, 1.807) is 0 Å². The highest BCUT2D eigenvalue weighted by atomic mass is 79.9. The van der Waals surface area contributed by atoms with Crippen molar-refractivity contribution in [2.45, 2.75) is 77.4 Å². The van der Waals surface area contributed by atoms with Gasteiger partial charge in [0, 0.05) is 11.6 Å². The summed E-state index contributed by atoms with van der Waals surface area (Å²) in [6.07, 6.45) is 11.2. The number of halogens is 2. The summed E-state index contributed by atoms with van der Waals surface area (Å²) in [6, 6.07) is 6.43. The molecule has 166 valence electrons. The minimum atomic E-state index is 0. The largest absolute Gasteiger partial charge is 0.491 e. The van der Waals surface area contributed by atoms with E-state index >= 15 is 0 Å². The zero-order chi connectivity index (χ0) is 19.9. The van der Waals surface area contributed by atoms with Crippen molar-refractivity contribution in [3.63, 3.8) is 0 Å². The molecule has 0 unspecified atom stereocenters. The van der Waals surface area contributed by atoms with Crippen LogP contribution in [0, 0.1) is 11.8 Å². The van der Waals surface area contributed by atoms with Crippen LogP contribution in [0.3, 0.4) is 0 Å². The maximum absolute atomic E-state index is 5.88. The minimum absolute atomic E-state index is 0. The molecule has 5 heteroatoms. The maximum atomic E-state index is 5.88. The molecular weight excluding hydrogens is 450 g/mol. The first-order valence-electron chi connectivity index (χ1n) is 11.2. The van der Waals surface area contributed by atoms with Gasteiger partial charge in [-0.25, -0.2) is 0 Å². The second-order valence-corrected chi connectivity index (χ2v) is 9.93. The second-order valence-electron chi connectivity index (χ2n) is 9.08. The van der Waals surface area contributed by atoms with Gasteiger partial charge in [-0.1, -0.05) is 15.9 Å². The van der Waals surface area contributed by atoms with E-state index in [4.69, 9.17) is 9.47 Å². The Morgan fingerprint density at radius 2 is 1.72 bits per heavy atom. The van der Waals surface area contributed by atoms with Crippen molar-refractivity contribution in [3.05, 3.63) is 28.2 Å². The highest BCUT2D eigenvalue weighted by molar-refractivity contribution is 9.10. The molecule has 2 aliphatic rings. The van der Waals surface area contributed by atoms with Crippen LogP contribution in [0.4, 0.5) is 0 Å². The van der Waals surface area contributed by atoms with Crippen molar-refractivity contribution < 1.29 is 9.47 Å². The second kappa shape index (κ2) is 12.5. The predicted molar refractivity (Wildman–Crippen MR) is 127 cm³/mol. The van der Waals surface area contributed by atoms with E-state index in [2.05, 4.69) is 52.9 Å². The van der Waals surface area contributed by atoms with Crippen molar-refractivity contribution in [1.29, 1.82) is 0 Å². The molecule has 1 aromatic carbocycles. The Morgan fingerprint density at radius 1 is 1.03 bits per heavy atom. The summed E-state index contributed by atoms with van der Waals surface area (Å²) in [5.41, 5.74) is 1.39. The summed E-state index contributed by atoms with van der Waals surface area (Å²) in [5.74, 6) is 2.71. The van der Waals surface area contributed by atoms with E-state index < -0.39 is 0 Å². The fourth-order valence-corrected chi connectivity index (χ4v) is 5.21. The fraction of sp³-hybridized carbons (Fsp3) is 0.750. The Kier molecular flexibility index (Phi) is 10.8. The van der Waals surface area contributed by atoms with Crippen molar-refractivity contribution in [2.75, 3.05) is 26.7 Å². The van der Waals surface area contributed by atoms with Crippen LogP contribution in [0.1, 0.15) is 64.4 Å². The van der Waals surface area contributed by atoms with Crippen LogP contribution < -0.4 is 4.74 Å². The quantitative estimate of drug-likeness (QED) is 0.416. The van der Waals surface area contributed by atoms with Crippen LogP contribution in [-0.2, 0) is 11.2 Å². The number of benzene rings is 1. The standard InChI is InChI=1S/C24H38BrNO2.ClH/c1-18(2)28-23-8-9-24(25)21(17-23)16-20-11-14-26(15-12-20)13-10-19-4-6-22(27-3)7-5-19;/h8-9,17-20,22H,4-7,10-16H2,1-3H3;1H/t19-,22-;. The molecule has 0 N–H and O–H groups in total. The lowest BCUT2D eigenvalue weighted by Gasteiger charge is -2.34. The van der Waals surface area contributed by atoms with Crippen LogP contribution in [0.25, 0.3) is 0 Å². The molecule has 0 atom stereocenters. The molecule has 0 amide bonds. The normalized spacial score (nSPS) is 23.8. The van der Waals surface area contributed by atoms with Gasteiger partial charge >= 0.3 is 0 Å². The van der Waals surface area contributed by atoms with Crippen LogP contribution in [0.15, 0.2) is 22.7 Å². The number of nitrogens with zero attached hydrogens (tertiary/aromatic N) is 1. The number of methoxy groups -OCH3 is 1. The van der Waals surface area contributed by atoms with E-state index in [-0.39, 0.29) is 18.5 Å². The average molecular weight is 489 g/mol. The molecule has 1 aliphatic heterocycles. The summed E-state index contributed by atoms with van der Waals surface area (Å²) >= 11 is 3.74. The fourth-order valence-electron chi connectivity index (χ4n) is 4.80. The maximum Gasteiger partial charge on any atom is 0.120 e. The van der Waals surface area contributed by atoms with Crippen LogP contribution in [-0.4, -0.2) is 43.9 Å².